The maximum Gasteiger partial charge on any atom is 0.255 e. The number of amides is 1. The molecule has 174 valence electrons. The van der Waals surface area contributed by atoms with Gasteiger partial charge in [-0.3, -0.25) is 9.78 Å². The molecule has 0 spiro atoms. The third-order valence-corrected chi connectivity index (χ3v) is 5.55. The molecule has 0 unspecified atom stereocenters. The minimum absolute atomic E-state index is 0.260. The predicted octanol–water partition coefficient (Wildman–Crippen LogP) is 6.99. The number of aromatic nitrogens is 1. The van der Waals surface area contributed by atoms with Crippen LogP contribution in [-0.2, 0) is 0 Å². The van der Waals surface area contributed by atoms with E-state index in [9.17, 15) is 14.4 Å². The first-order chi connectivity index (χ1) is 17.6. The molecule has 4 aromatic carbocycles. The van der Waals surface area contributed by atoms with E-state index in [1.807, 2.05) is 42.5 Å². The number of benzene rings is 4. The monoisotopic (exact) mass is 473 g/mol. The number of para-hydroxylation sites is 1. The number of nitriles is 1. The summed E-state index contributed by atoms with van der Waals surface area (Å²) >= 11 is 0. The molecule has 6 nitrogen and oxygen atoms in total. The number of carbonyl (C=O) groups is 1. The first-order valence-corrected chi connectivity index (χ1v) is 11.2. The Bertz CT molecular complexity index is 1610. The van der Waals surface area contributed by atoms with Crippen LogP contribution in [0.5, 0.6) is 0 Å². The molecular weight excluding hydrogens is 453 g/mol. The van der Waals surface area contributed by atoms with Crippen molar-refractivity contribution in [2.24, 2.45) is 0 Å². The Balaban J connectivity index is 1.35. The molecular formula is C29H20FN5O. The largest absolute Gasteiger partial charge is 0.355 e. The number of hydrogen-bond acceptors (Lipinski definition) is 5. The average molecular weight is 474 g/mol. The van der Waals surface area contributed by atoms with Crippen molar-refractivity contribution < 1.29 is 9.18 Å². The Hall–Kier alpha value is -5.22. The summed E-state index contributed by atoms with van der Waals surface area (Å²) in [5, 5.41) is 19.2. The number of anilines is 5. The molecule has 1 amide bonds. The van der Waals surface area contributed by atoms with Gasteiger partial charge < -0.3 is 16.0 Å². The van der Waals surface area contributed by atoms with E-state index in [-0.39, 0.29) is 11.6 Å². The molecule has 0 atom stereocenters. The normalized spacial score (nSPS) is 10.4. The minimum atomic E-state index is -0.424. The Morgan fingerprint density at radius 2 is 1.58 bits per heavy atom. The molecule has 0 radical (unpaired) electrons. The summed E-state index contributed by atoms with van der Waals surface area (Å²) in [7, 11) is 0. The molecule has 0 aliphatic rings. The van der Waals surface area contributed by atoms with Crippen molar-refractivity contribution in [1.29, 1.82) is 5.26 Å². The number of nitrogens with one attached hydrogen (secondary N) is 3. The fourth-order valence-corrected chi connectivity index (χ4v) is 3.80. The van der Waals surface area contributed by atoms with Crippen molar-refractivity contribution in [3.8, 4) is 6.07 Å². The Morgan fingerprint density at radius 3 is 2.42 bits per heavy atom. The molecule has 1 heterocycles. The standard InChI is InChI=1S/C29H20FN5O/c30-25-11-10-23(17-28(25)33-21-6-2-1-3-7-21)35-29(36)20-5-4-8-22(16-20)34-27-13-14-32-26-12-9-19(18-31)15-24(26)27/h1-17,33H,(H,32,34)(H,35,36). The number of nitrogens with zero attached hydrogens (tertiary/aromatic N) is 2. The second kappa shape index (κ2) is 9.95. The minimum Gasteiger partial charge on any atom is -0.355 e. The van der Waals surface area contributed by atoms with Gasteiger partial charge in [0.25, 0.3) is 5.91 Å². The van der Waals surface area contributed by atoms with Crippen molar-refractivity contribution in [1.82, 2.24) is 4.98 Å². The van der Waals surface area contributed by atoms with Gasteiger partial charge in [0.15, 0.2) is 0 Å². The molecule has 0 saturated carbocycles. The highest BCUT2D eigenvalue weighted by atomic mass is 19.1. The lowest BCUT2D eigenvalue weighted by Crippen LogP contribution is -2.12. The third kappa shape index (κ3) is 4.98. The molecule has 7 heteroatoms. The first kappa shape index (κ1) is 22.6. The fraction of sp³-hybridized carbons (Fsp3) is 0. The van der Waals surface area contributed by atoms with Gasteiger partial charge in [0.1, 0.15) is 5.82 Å². The first-order valence-electron chi connectivity index (χ1n) is 11.2. The van der Waals surface area contributed by atoms with Crippen LogP contribution in [0.25, 0.3) is 10.9 Å². The summed E-state index contributed by atoms with van der Waals surface area (Å²) in [5.41, 5.74) is 4.64. The number of hydrogen-bond donors (Lipinski definition) is 3. The lowest BCUT2D eigenvalue weighted by molar-refractivity contribution is 0.102. The lowest BCUT2D eigenvalue weighted by atomic mass is 10.1. The van der Waals surface area contributed by atoms with E-state index in [4.69, 9.17) is 0 Å². The maximum absolute atomic E-state index is 14.3. The van der Waals surface area contributed by atoms with Crippen LogP contribution in [-0.4, -0.2) is 10.9 Å². The Labute approximate surface area is 207 Å². The molecule has 36 heavy (non-hydrogen) atoms. The third-order valence-electron chi connectivity index (χ3n) is 5.55. The van der Waals surface area contributed by atoms with Crippen molar-refractivity contribution >= 4 is 45.2 Å². The summed E-state index contributed by atoms with van der Waals surface area (Å²) in [6, 6.07) is 29.9. The highest BCUT2D eigenvalue weighted by Crippen LogP contribution is 2.27. The maximum atomic E-state index is 14.3. The van der Waals surface area contributed by atoms with Gasteiger partial charge in [0.2, 0.25) is 0 Å². The van der Waals surface area contributed by atoms with Gasteiger partial charge >= 0.3 is 0 Å². The molecule has 0 aliphatic heterocycles. The lowest BCUT2D eigenvalue weighted by Gasteiger charge is -2.12. The molecule has 0 saturated heterocycles. The Kier molecular flexibility index (Phi) is 6.24. The van der Waals surface area contributed by atoms with Gasteiger partial charge in [-0.2, -0.15) is 5.26 Å². The smallest absolute Gasteiger partial charge is 0.255 e. The van der Waals surface area contributed by atoms with Gasteiger partial charge in [-0.05, 0) is 72.8 Å². The SMILES string of the molecule is N#Cc1ccc2nccc(Nc3cccc(C(=O)Nc4ccc(F)c(Nc5ccccc5)c4)c3)c2c1. The summed E-state index contributed by atoms with van der Waals surface area (Å²) in [6.45, 7) is 0. The second-order valence-corrected chi connectivity index (χ2v) is 8.05. The van der Waals surface area contributed by atoms with Gasteiger partial charge in [-0.25, -0.2) is 4.39 Å². The molecule has 5 aromatic rings. The molecule has 3 N–H and O–H groups in total. The van der Waals surface area contributed by atoms with Crippen LogP contribution in [0.4, 0.5) is 32.8 Å². The van der Waals surface area contributed by atoms with Crippen molar-refractivity contribution in [3.63, 3.8) is 0 Å². The summed E-state index contributed by atoms with van der Waals surface area (Å²) in [5.74, 6) is -0.755. The molecule has 5 rings (SSSR count). The number of carbonyl (C=O) groups excluding carboxylic acids is 1. The molecule has 1 aromatic heterocycles. The van der Waals surface area contributed by atoms with E-state index in [1.54, 1.807) is 48.7 Å². The second-order valence-electron chi connectivity index (χ2n) is 8.05. The molecule has 0 bridgehead atoms. The van der Waals surface area contributed by atoms with Crippen molar-refractivity contribution in [2.75, 3.05) is 16.0 Å². The van der Waals surface area contributed by atoms with Crippen LogP contribution in [0.3, 0.4) is 0 Å². The highest BCUT2D eigenvalue weighted by Gasteiger charge is 2.11. The highest BCUT2D eigenvalue weighted by molar-refractivity contribution is 6.05. The van der Waals surface area contributed by atoms with Gasteiger partial charge in [0.05, 0.1) is 22.8 Å². The Morgan fingerprint density at radius 1 is 0.778 bits per heavy atom. The van der Waals surface area contributed by atoms with Crippen molar-refractivity contribution in [3.05, 3.63) is 120 Å². The van der Waals surface area contributed by atoms with Crippen LogP contribution < -0.4 is 16.0 Å². The van der Waals surface area contributed by atoms with E-state index in [0.717, 1.165) is 22.3 Å². The topological polar surface area (TPSA) is 89.8 Å². The van der Waals surface area contributed by atoms with Crippen LogP contribution in [0.15, 0.2) is 103 Å². The molecule has 0 aliphatic carbocycles. The van der Waals surface area contributed by atoms with Gasteiger partial charge in [-0.1, -0.05) is 24.3 Å². The zero-order valence-electron chi connectivity index (χ0n) is 19.0. The van der Waals surface area contributed by atoms with Crippen LogP contribution in [0.1, 0.15) is 15.9 Å². The van der Waals surface area contributed by atoms with Crippen LogP contribution >= 0.6 is 0 Å². The van der Waals surface area contributed by atoms with E-state index in [2.05, 4.69) is 27.0 Å². The number of halogens is 1. The summed E-state index contributed by atoms with van der Waals surface area (Å²) in [4.78, 5) is 17.3. The van der Waals surface area contributed by atoms with E-state index in [1.165, 1.54) is 12.1 Å². The summed E-state index contributed by atoms with van der Waals surface area (Å²) in [6.07, 6.45) is 1.68. The zero-order chi connectivity index (χ0) is 24.9. The summed E-state index contributed by atoms with van der Waals surface area (Å²) < 4.78 is 14.3. The zero-order valence-corrected chi connectivity index (χ0v) is 19.0. The number of fused-ring (bicyclic) bond motifs is 1. The van der Waals surface area contributed by atoms with Crippen LogP contribution in [0.2, 0.25) is 0 Å². The quantitative estimate of drug-likeness (QED) is 0.247. The van der Waals surface area contributed by atoms with Gasteiger partial charge in [0, 0.05) is 39.9 Å². The van der Waals surface area contributed by atoms with E-state index >= 15 is 0 Å². The van der Waals surface area contributed by atoms with E-state index < -0.39 is 5.82 Å². The van der Waals surface area contributed by atoms with E-state index in [0.29, 0.717) is 22.5 Å². The average Bonchev–Trinajstić information content (AvgIpc) is 2.91. The van der Waals surface area contributed by atoms with Crippen molar-refractivity contribution in [2.45, 2.75) is 0 Å². The fourth-order valence-electron chi connectivity index (χ4n) is 3.80. The van der Waals surface area contributed by atoms with Gasteiger partial charge in [-0.15, -0.1) is 0 Å². The van der Waals surface area contributed by atoms with Crippen LogP contribution in [0, 0.1) is 17.1 Å². The molecule has 0 fully saturated rings. The number of pyridine rings is 1. The predicted molar refractivity (Wildman–Crippen MR) is 140 cm³/mol. The number of rotatable bonds is 6.